The highest BCUT2D eigenvalue weighted by Crippen LogP contribution is 2.37. The summed E-state index contributed by atoms with van der Waals surface area (Å²) in [6.45, 7) is 17.3. The van der Waals surface area contributed by atoms with Crippen LogP contribution in [0, 0.1) is 55.4 Å². The Morgan fingerprint density at radius 1 is 0.696 bits per heavy atom. The molecule has 2 aromatic heterocycles. The number of nitrogens with zero attached hydrogens (tertiary/aromatic N) is 3. The maximum atomic E-state index is 4.80. The van der Waals surface area contributed by atoms with E-state index in [1.54, 1.807) is 0 Å². The van der Waals surface area contributed by atoms with Crippen molar-refractivity contribution in [3.05, 3.63) is 51.0 Å². The lowest BCUT2D eigenvalue weighted by atomic mass is 9.86. The Labute approximate surface area is 138 Å². The van der Waals surface area contributed by atoms with E-state index in [2.05, 4.69) is 54.5 Å². The molecule has 0 bridgehead atoms. The predicted octanol–water partition coefficient (Wildman–Crippen LogP) is 4.86. The summed E-state index contributed by atoms with van der Waals surface area (Å²) >= 11 is 0. The molecule has 0 saturated heterocycles. The van der Waals surface area contributed by atoms with Crippen LogP contribution in [0.15, 0.2) is 6.07 Å². The number of aryl methyl sites for hydroxylation is 3. The fraction of sp³-hybridized carbons (Fsp3) is 0.400. The Bertz CT molecular complexity index is 917. The first kappa shape index (κ1) is 15.7. The average molecular weight is 307 g/mol. The SMILES string of the molecule is Cc1cc(C)n2nc(C)c(-c3c(C)c(C)c(C)c(C)c3C)c2n1. The quantitative estimate of drug-likeness (QED) is 0.642. The molecule has 3 rings (SSSR count). The Morgan fingerprint density at radius 3 is 1.78 bits per heavy atom. The van der Waals surface area contributed by atoms with Gasteiger partial charge >= 0.3 is 0 Å². The van der Waals surface area contributed by atoms with Crippen LogP contribution in [0.25, 0.3) is 16.8 Å². The molecule has 0 spiro atoms. The summed E-state index contributed by atoms with van der Waals surface area (Å²) < 4.78 is 1.97. The molecule has 0 aliphatic carbocycles. The predicted molar refractivity (Wildman–Crippen MR) is 96.3 cm³/mol. The molecule has 120 valence electrons. The van der Waals surface area contributed by atoms with Gasteiger partial charge in [0.2, 0.25) is 0 Å². The van der Waals surface area contributed by atoms with Gasteiger partial charge in [-0.1, -0.05) is 0 Å². The van der Waals surface area contributed by atoms with Gasteiger partial charge in [0.25, 0.3) is 0 Å². The van der Waals surface area contributed by atoms with Crippen molar-refractivity contribution in [3.63, 3.8) is 0 Å². The summed E-state index contributed by atoms with van der Waals surface area (Å²) in [6, 6.07) is 2.08. The molecule has 3 heteroatoms. The Kier molecular flexibility index (Phi) is 3.55. The summed E-state index contributed by atoms with van der Waals surface area (Å²) in [5, 5.41) is 4.75. The van der Waals surface area contributed by atoms with Crippen molar-refractivity contribution in [2.45, 2.75) is 55.4 Å². The molecule has 0 saturated carbocycles. The molecule has 0 unspecified atom stereocenters. The first-order valence-electron chi connectivity index (χ1n) is 8.15. The zero-order valence-corrected chi connectivity index (χ0v) is 15.4. The minimum absolute atomic E-state index is 0.967. The van der Waals surface area contributed by atoms with E-state index in [0.717, 1.165) is 22.7 Å². The van der Waals surface area contributed by atoms with Gasteiger partial charge in [0, 0.05) is 11.4 Å². The third kappa shape index (κ3) is 2.18. The molecule has 3 aromatic rings. The van der Waals surface area contributed by atoms with Gasteiger partial charge in [-0.05, 0) is 94.8 Å². The molecular formula is C20H25N3. The van der Waals surface area contributed by atoms with Crippen molar-refractivity contribution in [2.24, 2.45) is 0 Å². The molecule has 23 heavy (non-hydrogen) atoms. The van der Waals surface area contributed by atoms with E-state index in [0.29, 0.717) is 0 Å². The van der Waals surface area contributed by atoms with E-state index >= 15 is 0 Å². The van der Waals surface area contributed by atoms with Crippen LogP contribution in [0.2, 0.25) is 0 Å². The van der Waals surface area contributed by atoms with Crippen molar-refractivity contribution < 1.29 is 0 Å². The van der Waals surface area contributed by atoms with Crippen molar-refractivity contribution in [2.75, 3.05) is 0 Å². The lowest BCUT2D eigenvalue weighted by Gasteiger charge is -2.18. The standard InChI is InChI=1S/C20H25N3/c1-10-9-11(2)23-20(21-10)19(17(8)22-23)18-15(6)13(4)12(3)14(5)16(18)7/h9H,1-8H3. The average Bonchev–Trinajstić information content (AvgIpc) is 2.81. The summed E-state index contributed by atoms with van der Waals surface area (Å²) in [5.41, 5.74) is 13.4. The van der Waals surface area contributed by atoms with Crippen molar-refractivity contribution in [1.29, 1.82) is 0 Å². The lowest BCUT2D eigenvalue weighted by Crippen LogP contribution is -2.01. The number of hydrogen-bond acceptors (Lipinski definition) is 2. The molecule has 0 atom stereocenters. The molecule has 0 fully saturated rings. The molecule has 3 nitrogen and oxygen atoms in total. The van der Waals surface area contributed by atoms with Crippen LogP contribution in [-0.4, -0.2) is 14.6 Å². The van der Waals surface area contributed by atoms with Crippen LogP contribution in [0.4, 0.5) is 0 Å². The first-order chi connectivity index (χ1) is 10.7. The van der Waals surface area contributed by atoms with Crippen LogP contribution in [-0.2, 0) is 0 Å². The molecule has 0 radical (unpaired) electrons. The zero-order chi connectivity index (χ0) is 17.0. The number of rotatable bonds is 1. The highest BCUT2D eigenvalue weighted by Gasteiger charge is 2.21. The summed E-state index contributed by atoms with van der Waals surface area (Å²) in [7, 11) is 0. The monoisotopic (exact) mass is 307 g/mol. The second-order valence-corrected chi connectivity index (χ2v) is 6.73. The second kappa shape index (κ2) is 5.19. The minimum Gasteiger partial charge on any atom is -0.233 e. The highest BCUT2D eigenvalue weighted by molar-refractivity contribution is 5.85. The third-order valence-electron chi connectivity index (χ3n) is 5.32. The molecule has 0 N–H and O–H groups in total. The number of hydrogen-bond donors (Lipinski definition) is 0. The number of aromatic nitrogens is 3. The zero-order valence-electron chi connectivity index (χ0n) is 15.4. The van der Waals surface area contributed by atoms with Crippen LogP contribution < -0.4 is 0 Å². The lowest BCUT2D eigenvalue weighted by molar-refractivity contribution is 0.870. The molecule has 2 heterocycles. The third-order valence-corrected chi connectivity index (χ3v) is 5.32. The summed E-state index contributed by atoms with van der Waals surface area (Å²) in [5.74, 6) is 0. The van der Waals surface area contributed by atoms with Crippen molar-refractivity contribution in [3.8, 4) is 11.1 Å². The maximum Gasteiger partial charge on any atom is 0.163 e. The van der Waals surface area contributed by atoms with Gasteiger partial charge in [-0.25, -0.2) is 9.50 Å². The van der Waals surface area contributed by atoms with Gasteiger partial charge in [0.15, 0.2) is 5.65 Å². The van der Waals surface area contributed by atoms with Gasteiger partial charge < -0.3 is 0 Å². The number of fused-ring (bicyclic) bond motifs is 1. The van der Waals surface area contributed by atoms with Gasteiger partial charge in [0.05, 0.1) is 11.3 Å². The first-order valence-corrected chi connectivity index (χ1v) is 8.15. The van der Waals surface area contributed by atoms with E-state index < -0.39 is 0 Å². The second-order valence-electron chi connectivity index (χ2n) is 6.73. The molecule has 0 aliphatic rings. The molecular weight excluding hydrogens is 282 g/mol. The summed E-state index contributed by atoms with van der Waals surface area (Å²) in [6.07, 6.45) is 0. The van der Waals surface area contributed by atoms with Gasteiger partial charge in [-0.2, -0.15) is 5.10 Å². The molecule has 1 aromatic carbocycles. The topological polar surface area (TPSA) is 30.2 Å². The minimum atomic E-state index is 0.967. The van der Waals surface area contributed by atoms with E-state index in [1.807, 2.05) is 11.4 Å². The fourth-order valence-corrected chi connectivity index (χ4v) is 3.59. The Balaban J connectivity index is 2.50. The normalized spacial score (nSPS) is 11.5. The van der Waals surface area contributed by atoms with Crippen LogP contribution in [0.1, 0.15) is 44.9 Å². The van der Waals surface area contributed by atoms with Crippen molar-refractivity contribution >= 4 is 5.65 Å². The van der Waals surface area contributed by atoms with Crippen LogP contribution in [0.3, 0.4) is 0 Å². The fourth-order valence-electron chi connectivity index (χ4n) is 3.59. The summed E-state index contributed by atoms with van der Waals surface area (Å²) in [4.78, 5) is 4.80. The largest absolute Gasteiger partial charge is 0.233 e. The molecule has 0 amide bonds. The van der Waals surface area contributed by atoms with E-state index in [1.165, 1.54) is 38.9 Å². The van der Waals surface area contributed by atoms with E-state index in [4.69, 9.17) is 10.1 Å². The van der Waals surface area contributed by atoms with Gasteiger partial charge in [0.1, 0.15) is 0 Å². The Hall–Kier alpha value is -2.16. The highest BCUT2D eigenvalue weighted by atomic mass is 15.3. The van der Waals surface area contributed by atoms with Gasteiger partial charge in [-0.3, -0.25) is 0 Å². The van der Waals surface area contributed by atoms with Crippen molar-refractivity contribution in [1.82, 2.24) is 14.6 Å². The smallest absolute Gasteiger partial charge is 0.163 e. The number of benzene rings is 1. The van der Waals surface area contributed by atoms with E-state index in [-0.39, 0.29) is 0 Å². The van der Waals surface area contributed by atoms with E-state index in [9.17, 15) is 0 Å². The Morgan fingerprint density at radius 2 is 1.22 bits per heavy atom. The maximum absolute atomic E-state index is 4.80. The van der Waals surface area contributed by atoms with Gasteiger partial charge in [-0.15, -0.1) is 0 Å². The molecule has 0 aliphatic heterocycles. The van der Waals surface area contributed by atoms with Crippen LogP contribution in [0.5, 0.6) is 0 Å². The van der Waals surface area contributed by atoms with Crippen LogP contribution >= 0.6 is 0 Å².